The van der Waals surface area contributed by atoms with Gasteiger partial charge in [-0.2, -0.15) is 0 Å². The Hall–Kier alpha value is -1.69. The molecule has 31 heavy (non-hydrogen) atoms. The van der Waals surface area contributed by atoms with Gasteiger partial charge in [0.15, 0.2) is 6.23 Å². The molecule has 1 heterocycles. The van der Waals surface area contributed by atoms with Crippen LogP contribution in [0, 0.1) is 5.92 Å². The van der Waals surface area contributed by atoms with E-state index in [0.29, 0.717) is 38.8 Å². The number of benzene rings is 2. The highest BCUT2D eigenvalue weighted by molar-refractivity contribution is 6.42. The largest absolute Gasteiger partial charge is 0.491 e. The van der Waals surface area contributed by atoms with Gasteiger partial charge in [0.25, 0.3) is 0 Å². The maximum Gasteiger partial charge on any atom is 0.233 e. The molecule has 0 aromatic heterocycles. The van der Waals surface area contributed by atoms with Crippen LogP contribution < -0.4 is 4.74 Å². The summed E-state index contributed by atoms with van der Waals surface area (Å²) in [6.45, 7) is 0.638. The molecule has 2 aromatic carbocycles. The van der Waals surface area contributed by atoms with Crippen molar-refractivity contribution < 1.29 is 14.3 Å². The van der Waals surface area contributed by atoms with Crippen molar-refractivity contribution in [3.8, 4) is 5.75 Å². The van der Waals surface area contributed by atoms with Crippen molar-refractivity contribution >= 4 is 52.3 Å². The van der Waals surface area contributed by atoms with Crippen molar-refractivity contribution in [3.63, 3.8) is 0 Å². The van der Waals surface area contributed by atoms with E-state index in [4.69, 9.17) is 55.9 Å². The van der Waals surface area contributed by atoms with Gasteiger partial charge in [-0.25, -0.2) is 0 Å². The number of halogens is 4. The summed E-state index contributed by atoms with van der Waals surface area (Å²) < 4.78 is 12.1. The van der Waals surface area contributed by atoms with E-state index < -0.39 is 12.1 Å². The van der Waals surface area contributed by atoms with E-state index in [-0.39, 0.29) is 18.6 Å². The fourth-order valence-corrected chi connectivity index (χ4v) is 4.27. The third kappa shape index (κ3) is 5.21. The monoisotopic (exact) mass is 497 g/mol. The van der Waals surface area contributed by atoms with Crippen LogP contribution in [-0.2, 0) is 9.53 Å². The van der Waals surface area contributed by atoms with Crippen LogP contribution in [0.2, 0.25) is 15.1 Å². The van der Waals surface area contributed by atoms with Crippen molar-refractivity contribution in [1.82, 2.24) is 4.90 Å². The molecule has 2 aromatic rings. The molecule has 4 nitrogen and oxygen atoms in total. The van der Waals surface area contributed by atoms with Gasteiger partial charge in [-0.3, -0.25) is 4.79 Å². The minimum absolute atomic E-state index is 0.101. The number of hydrogen-bond acceptors (Lipinski definition) is 3. The second-order valence-corrected chi connectivity index (χ2v) is 8.99. The average molecular weight is 499 g/mol. The molecule has 0 spiro atoms. The van der Waals surface area contributed by atoms with Crippen LogP contribution in [0.5, 0.6) is 5.75 Å². The summed E-state index contributed by atoms with van der Waals surface area (Å²) >= 11 is 24.5. The van der Waals surface area contributed by atoms with Gasteiger partial charge < -0.3 is 14.4 Å². The van der Waals surface area contributed by atoms with Crippen LogP contribution in [0.1, 0.15) is 18.2 Å². The van der Waals surface area contributed by atoms with E-state index >= 15 is 0 Å². The molecule has 1 saturated heterocycles. The molecule has 0 saturated carbocycles. The number of ether oxygens (including phenoxy) is 2. The van der Waals surface area contributed by atoms with Gasteiger partial charge in [0.1, 0.15) is 18.5 Å². The molecule has 0 radical (unpaired) electrons. The zero-order valence-electron chi connectivity index (χ0n) is 16.3. The van der Waals surface area contributed by atoms with Crippen LogP contribution in [-0.4, -0.2) is 30.1 Å². The lowest BCUT2D eigenvalue weighted by Gasteiger charge is -2.28. The summed E-state index contributed by atoms with van der Waals surface area (Å²) in [6, 6.07) is 12.3. The normalized spacial score (nSPS) is 23.0. The lowest BCUT2D eigenvalue weighted by Crippen LogP contribution is -2.37. The minimum atomic E-state index is -0.614. The van der Waals surface area contributed by atoms with E-state index in [0.717, 1.165) is 5.56 Å². The number of carbonyl (C=O) groups excluding carboxylic acids is 1. The second-order valence-electron chi connectivity index (χ2n) is 7.31. The zero-order valence-corrected chi connectivity index (χ0v) is 19.3. The Labute approximate surface area is 200 Å². The van der Waals surface area contributed by atoms with Gasteiger partial charge in [0.2, 0.25) is 5.91 Å². The Balaban J connectivity index is 1.54. The number of amides is 1. The molecule has 2 unspecified atom stereocenters. The number of nitrogens with zero attached hydrogens (tertiary/aromatic N) is 1. The molecular formula is C23H19Cl4NO3. The number of carbonyl (C=O) groups is 1. The standard InChI is InChI=1S/C23H19Cl4NO3/c24-15-6-8-16(9-7-15)30-13-17-12-28(22(29)18-3-1-2-4-19(18)25)23(31-17)14-5-10-20(26)21(27)11-14/h1-2,4-11,17-18,23H,3,12-13H2/t17-,18?,23?/m0/s1. The van der Waals surface area contributed by atoms with Crippen molar-refractivity contribution in [2.75, 3.05) is 13.2 Å². The Morgan fingerprint density at radius 2 is 1.84 bits per heavy atom. The number of hydrogen-bond donors (Lipinski definition) is 0. The minimum Gasteiger partial charge on any atom is -0.491 e. The smallest absolute Gasteiger partial charge is 0.233 e. The third-order valence-corrected chi connectivity index (χ3v) is 6.54. The van der Waals surface area contributed by atoms with E-state index in [1.165, 1.54) is 0 Å². The van der Waals surface area contributed by atoms with Crippen LogP contribution in [0.25, 0.3) is 0 Å². The molecule has 2 aliphatic rings. The highest BCUT2D eigenvalue weighted by Gasteiger charge is 2.40. The number of allylic oxidation sites excluding steroid dienone is 3. The maximum absolute atomic E-state index is 13.4. The topological polar surface area (TPSA) is 38.8 Å². The summed E-state index contributed by atoms with van der Waals surface area (Å²) in [5, 5.41) is 1.98. The van der Waals surface area contributed by atoms with E-state index in [1.54, 1.807) is 53.4 Å². The average Bonchev–Trinajstić information content (AvgIpc) is 3.19. The van der Waals surface area contributed by atoms with E-state index in [9.17, 15) is 4.79 Å². The van der Waals surface area contributed by atoms with Crippen molar-refractivity contribution in [2.45, 2.75) is 18.8 Å². The van der Waals surface area contributed by atoms with Crippen molar-refractivity contribution in [1.29, 1.82) is 0 Å². The molecule has 1 amide bonds. The lowest BCUT2D eigenvalue weighted by atomic mass is 9.98. The summed E-state index contributed by atoms with van der Waals surface area (Å²) in [5.74, 6) is 0.138. The van der Waals surface area contributed by atoms with Gasteiger partial charge in [0, 0.05) is 15.6 Å². The predicted molar refractivity (Wildman–Crippen MR) is 124 cm³/mol. The first kappa shape index (κ1) is 22.5. The predicted octanol–water partition coefficient (Wildman–Crippen LogP) is 6.65. The van der Waals surface area contributed by atoms with Crippen LogP contribution in [0.15, 0.2) is 65.7 Å². The fraction of sp³-hybridized carbons (Fsp3) is 0.261. The summed E-state index contributed by atoms with van der Waals surface area (Å²) in [4.78, 5) is 15.1. The summed E-state index contributed by atoms with van der Waals surface area (Å²) in [6.07, 6.45) is 5.13. The zero-order chi connectivity index (χ0) is 22.0. The fourth-order valence-electron chi connectivity index (χ4n) is 3.58. The SMILES string of the molecule is O=C(C1CC=CC=C1Cl)N1C[C@@H](COc2ccc(Cl)cc2)OC1c1ccc(Cl)c(Cl)c1. The van der Waals surface area contributed by atoms with Gasteiger partial charge in [0.05, 0.1) is 22.5 Å². The highest BCUT2D eigenvalue weighted by Crippen LogP contribution is 2.37. The first-order chi connectivity index (χ1) is 14.9. The molecule has 8 heteroatoms. The Morgan fingerprint density at radius 3 is 2.55 bits per heavy atom. The Morgan fingerprint density at radius 1 is 1.06 bits per heavy atom. The maximum atomic E-state index is 13.4. The second kappa shape index (κ2) is 9.85. The molecule has 0 bridgehead atoms. The first-order valence-electron chi connectivity index (χ1n) is 9.74. The van der Waals surface area contributed by atoms with E-state index in [1.807, 2.05) is 12.2 Å². The molecule has 1 aliphatic carbocycles. The molecule has 4 rings (SSSR count). The Bertz CT molecular complexity index is 1020. The van der Waals surface area contributed by atoms with Crippen LogP contribution in [0.4, 0.5) is 0 Å². The van der Waals surface area contributed by atoms with Crippen molar-refractivity contribution in [3.05, 3.63) is 86.4 Å². The van der Waals surface area contributed by atoms with Gasteiger partial charge in [-0.15, -0.1) is 0 Å². The molecular weight excluding hydrogens is 480 g/mol. The number of rotatable bonds is 5. The quantitative estimate of drug-likeness (QED) is 0.463. The lowest BCUT2D eigenvalue weighted by molar-refractivity contribution is -0.139. The van der Waals surface area contributed by atoms with Crippen LogP contribution in [0.3, 0.4) is 0 Å². The van der Waals surface area contributed by atoms with Gasteiger partial charge in [-0.05, 0) is 48.9 Å². The Kier molecular flexibility index (Phi) is 7.15. The molecule has 3 atom stereocenters. The highest BCUT2D eigenvalue weighted by atomic mass is 35.5. The molecule has 1 fully saturated rings. The van der Waals surface area contributed by atoms with Crippen molar-refractivity contribution in [2.24, 2.45) is 5.92 Å². The summed E-state index contributed by atoms with van der Waals surface area (Å²) in [5.41, 5.74) is 0.739. The summed E-state index contributed by atoms with van der Waals surface area (Å²) in [7, 11) is 0. The van der Waals surface area contributed by atoms with Gasteiger partial charge in [-0.1, -0.05) is 64.6 Å². The molecule has 162 valence electrons. The molecule has 1 aliphatic heterocycles. The first-order valence-corrected chi connectivity index (χ1v) is 11.2. The van der Waals surface area contributed by atoms with Gasteiger partial charge >= 0.3 is 0 Å². The van der Waals surface area contributed by atoms with Crippen LogP contribution >= 0.6 is 46.4 Å². The van der Waals surface area contributed by atoms with E-state index in [2.05, 4.69) is 0 Å². The molecule has 0 N–H and O–H groups in total. The third-order valence-electron chi connectivity index (χ3n) is 5.16.